The van der Waals surface area contributed by atoms with Crippen molar-refractivity contribution in [3.05, 3.63) is 47.2 Å². The molecule has 0 saturated carbocycles. The van der Waals surface area contributed by atoms with Gasteiger partial charge in [-0.1, -0.05) is 25.8 Å². The molecule has 0 radical (unpaired) electrons. The van der Waals surface area contributed by atoms with Crippen LogP contribution in [0.25, 0.3) is 0 Å². The van der Waals surface area contributed by atoms with Crippen molar-refractivity contribution in [2.24, 2.45) is 0 Å². The van der Waals surface area contributed by atoms with Crippen molar-refractivity contribution in [1.29, 1.82) is 0 Å². The van der Waals surface area contributed by atoms with Crippen LogP contribution in [0.2, 0.25) is 0 Å². The minimum absolute atomic E-state index is 0. The highest BCUT2D eigenvalue weighted by Crippen LogP contribution is 2.36. The fourth-order valence-electron chi connectivity index (χ4n) is 3.17. The molecule has 0 unspecified atom stereocenters. The normalized spacial score (nSPS) is 24.0. The predicted molar refractivity (Wildman–Crippen MR) is 97.9 cm³/mol. The Morgan fingerprint density at radius 2 is 2.21 bits per heavy atom. The van der Waals surface area contributed by atoms with Crippen LogP contribution in [-0.4, -0.2) is 28.4 Å². The number of fused-ring (bicyclic) bond motifs is 1. The number of ether oxygens (including phenoxy) is 1. The molecule has 3 rings (SSSR count). The van der Waals surface area contributed by atoms with Crippen LogP contribution < -0.4 is 10.7 Å². The summed E-state index contributed by atoms with van der Waals surface area (Å²) in [6.45, 7) is 7.08. The average molecular weight is 354 g/mol. The zero-order chi connectivity index (χ0) is 16.4. The van der Waals surface area contributed by atoms with Crippen LogP contribution >= 0.6 is 12.4 Å². The molecule has 0 fully saturated rings. The monoisotopic (exact) mass is 353 g/mol. The number of halogens is 1. The van der Waals surface area contributed by atoms with Gasteiger partial charge in [0.15, 0.2) is 6.23 Å². The number of aliphatic hydroxyl groups is 1. The highest BCUT2D eigenvalue weighted by molar-refractivity contribution is 5.85. The van der Waals surface area contributed by atoms with E-state index in [1.165, 1.54) is 12.8 Å². The summed E-state index contributed by atoms with van der Waals surface area (Å²) >= 11 is 0. The fraction of sp³-hybridized carbons (Fsp3) is 0.556. The standard InChI is InChI=1S/C18H27N3O2.ClH/c1-4-5-6-9-19-21-15-12-16-13(8-7-10-23-16)11-14(15)20-18(2,3)17(21)22;/h7-8,10,12,17,19-20,22H,4-6,9,11H2,1-3H3;1H/t17-;/m1./s1. The first-order valence-electron chi connectivity index (χ1n) is 8.49. The Morgan fingerprint density at radius 1 is 1.42 bits per heavy atom. The van der Waals surface area contributed by atoms with Crippen LogP contribution in [0.5, 0.6) is 0 Å². The molecular weight excluding hydrogens is 326 g/mol. The van der Waals surface area contributed by atoms with Crippen LogP contribution in [0.15, 0.2) is 47.2 Å². The Hall–Kier alpha value is -1.43. The van der Waals surface area contributed by atoms with Gasteiger partial charge in [-0.05, 0) is 26.3 Å². The first kappa shape index (κ1) is 18.9. The SMILES string of the molecule is CCCCCNN1C2=C(CC3=CC=COC3=C2)NC(C)(C)[C@H]1O.Cl. The van der Waals surface area contributed by atoms with E-state index in [1.807, 2.05) is 31.0 Å². The molecule has 0 amide bonds. The van der Waals surface area contributed by atoms with Gasteiger partial charge in [-0.15, -0.1) is 12.4 Å². The quantitative estimate of drug-likeness (QED) is 0.663. The first-order chi connectivity index (χ1) is 11.0. The molecule has 5 nitrogen and oxygen atoms in total. The highest BCUT2D eigenvalue weighted by atomic mass is 35.5. The molecule has 0 aromatic rings. The van der Waals surface area contributed by atoms with Gasteiger partial charge in [0.2, 0.25) is 0 Å². The molecule has 1 aliphatic carbocycles. The maximum absolute atomic E-state index is 10.8. The first-order valence-corrected chi connectivity index (χ1v) is 8.49. The van der Waals surface area contributed by atoms with Gasteiger partial charge in [-0.2, -0.15) is 0 Å². The lowest BCUT2D eigenvalue weighted by Crippen LogP contribution is -2.64. The Bertz CT molecular complexity index is 593. The second-order valence-corrected chi connectivity index (χ2v) is 6.89. The molecule has 0 aromatic heterocycles. The Kier molecular flexibility index (Phi) is 6.01. The molecule has 24 heavy (non-hydrogen) atoms. The number of hydrogen-bond acceptors (Lipinski definition) is 5. The molecule has 0 bridgehead atoms. The van der Waals surface area contributed by atoms with E-state index in [1.54, 1.807) is 6.26 Å². The van der Waals surface area contributed by atoms with Gasteiger partial charge < -0.3 is 15.2 Å². The number of rotatable bonds is 5. The largest absolute Gasteiger partial charge is 0.465 e. The topological polar surface area (TPSA) is 56.8 Å². The van der Waals surface area contributed by atoms with E-state index in [0.717, 1.165) is 42.1 Å². The molecule has 0 aromatic carbocycles. The summed E-state index contributed by atoms with van der Waals surface area (Å²) in [5.74, 6) is 0.861. The van der Waals surface area contributed by atoms with Crippen LogP contribution in [0.1, 0.15) is 46.5 Å². The van der Waals surface area contributed by atoms with E-state index in [-0.39, 0.29) is 12.4 Å². The minimum Gasteiger partial charge on any atom is -0.465 e. The third-order valence-electron chi connectivity index (χ3n) is 4.52. The van der Waals surface area contributed by atoms with Crippen LogP contribution in [0.3, 0.4) is 0 Å². The van der Waals surface area contributed by atoms with Crippen LogP contribution in [-0.2, 0) is 4.74 Å². The number of nitrogens with one attached hydrogen (secondary N) is 2. The van der Waals surface area contributed by atoms with E-state index >= 15 is 0 Å². The lowest BCUT2D eigenvalue weighted by molar-refractivity contribution is -0.0694. The zero-order valence-electron chi connectivity index (χ0n) is 14.6. The molecule has 3 aliphatic rings. The number of nitrogens with zero attached hydrogens (tertiary/aromatic N) is 1. The third kappa shape index (κ3) is 3.63. The Balaban J connectivity index is 0.00000208. The molecule has 134 valence electrons. The van der Waals surface area contributed by atoms with Crippen molar-refractivity contribution in [1.82, 2.24) is 15.8 Å². The average Bonchev–Trinajstić information content (AvgIpc) is 2.53. The van der Waals surface area contributed by atoms with Crippen LogP contribution in [0.4, 0.5) is 0 Å². The molecule has 2 heterocycles. The summed E-state index contributed by atoms with van der Waals surface area (Å²) in [5.41, 5.74) is 6.24. The summed E-state index contributed by atoms with van der Waals surface area (Å²) in [7, 11) is 0. The lowest BCUT2D eigenvalue weighted by atomic mass is 9.91. The summed E-state index contributed by atoms with van der Waals surface area (Å²) in [5, 5.41) is 16.1. The van der Waals surface area contributed by atoms with Gasteiger partial charge in [0.25, 0.3) is 0 Å². The van der Waals surface area contributed by atoms with Crippen molar-refractivity contribution in [2.75, 3.05) is 6.54 Å². The summed E-state index contributed by atoms with van der Waals surface area (Å²) in [6.07, 6.45) is 11.3. The van der Waals surface area contributed by atoms with E-state index in [0.29, 0.717) is 0 Å². The van der Waals surface area contributed by atoms with Crippen molar-refractivity contribution in [3.8, 4) is 0 Å². The molecule has 3 N–H and O–H groups in total. The third-order valence-corrected chi connectivity index (χ3v) is 4.52. The molecule has 0 saturated heterocycles. The van der Waals surface area contributed by atoms with Crippen molar-refractivity contribution >= 4 is 12.4 Å². The fourth-order valence-corrected chi connectivity index (χ4v) is 3.17. The van der Waals surface area contributed by atoms with Crippen molar-refractivity contribution in [2.45, 2.75) is 58.2 Å². The van der Waals surface area contributed by atoms with E-state index < -0.39 is 11.8 Å². The van der Waals surface area contributed by atoms with Gasteiger partial charge >= 0.3 is 0 Å². The zero-order valence-corrected chi connectivity index (χ0v) is 15.4. The number of hydrazine groups is 1. The van der Waals surface area contributed by atoms with Crippen molar-refractivity contribution in [3.63, 3.8) is 0 Å². The summed E-state index contributed by atoms with van der Waals surface area (Å²) in [6, 6.07) is 0. The summed E-state index contributed by atoms with van der Waals surface area (Å²) in [4.78, 5) is 0. The molecular formula is C18H28ClN3O2. The van der Waals surface area contributed by atoms with Gasteiger partial charge in [0.1, 0.15) is 5.76 Å². The van der Waals surface area contributed by atoms with Gasteiger partial charge in [-0.25, -0.2) is 5.43 Å². The summed E-state index contributed by atoms with van der Waals surface area (Å²) < 4.78 is 5.62. The number of unbranched alkanes of at least 4 members (excludes halogenated alkanes) is 2. The Labute approximate surface area is 150 Å². The molecule has 0 spiro atoms. The second kappa shape index (κ2) is 7.64. The number of aliphatic hydroxyl groups excluding tert-OH is 1. The van der Waals surface area contributed by atoms with E-state index in [9.17, 15) is 5.11 Å². The molecule has 6 heteroatoms. The maximum Gasteiger partial charge on any atom is 0.163 e. The lowest BCUT2D eigenvalue weighted by Gasteiger charge is -2.48. The van der Waals surface area contributed by atoms with E-state index in [2.05, 4.69) is 23.7 Å². The maximum atomic E-state index is 10.8. The van der Waals surface area contributed by atoms with Gasteiger partial charge in [0.05, 0.1) is 17.5 Å². The van der Waals surface area contributed by atoms with Gasteiger partial charge in [0, 0.05) is 30.3 Å². The highest BCUT2D eigenvalue weighted by Gasteiger charge is 2.41. The Morgan fingerprint density at radius 3 is 2.96 bits per heavy atom. The second-order valence-electron chi connectivity index (χ2n) is 6.89. The molecule has 2 aliphatic heterocycles. The number of hydrogen-bond donors (Lipinski definition) is 3. The molecule has 1 atom stereocenters. The van der Waals surface area contributed by atoms with Crippen molar-refractivity contribution < 1.29 is 9.84 Å². The predicted octanol–water partition coefficient (Wildman–Crippen LogP) is 3.07. The smallest absolute Gasteiger partial charge is 0.163 e. The van der Waals surface area contributed by atoms with Crippen LogP contribution in [0, 0.1) is 0 Å². The number of allylic oxidation sites excluding steroid dienone is 5. The van der Waals surface area contributed by atoms with E-state index in [4.69, 9.17) is 4.74 Å². The minimum atomic E-state index is -0.649. The van der Waals surface area contributed by atoms with Gasteiger partial charge in [-0.3, -0.25) is 5.01 Å².